The molecule has 0 aliphatic carbocycles. The number of para-hydroxylation sites is 1. The van der Waals surface area contributed by atoms with E-state index in [1.165, 1.54) is 31.4 Å². The number of ether oxygens (including phenoxy) is 1. The van der Waals surface area contributed by atoms with Crippen molar-refractivity contribution in [2.24, 2.45) is 0 Å². The molecule has 0 aromatic heterocycles. The molecule has 0 radical (unpaired) electrons. The van der Waals surface area contributed by atoms with Crippen LogP contribution in [0.15, 0.2) is 48.0 Å². The molecule has 1 fully saturated rings. The molecule has 1 N–H and O–H groups in total. The highest BCUT2D eigenvalue weighted by atomic mass is 35.5. The molecule has 0 saturated carbocycles. The molecule has 0 atom stereocenters. The lowest BCUT2D eigenvalue weighted by atomic mass is 10.1. The smallest absolute Gasteiger partial charge is 0.335 e. The number of amides is 4. The zero-order valence-corrected chi connectivity index (χ0v) is 15.0. The molecule has 0 spiro atoms. The van der Waals surface area contributed by atoms with Crippen molar-refractivity contribution in [1.82, 2.24) is 5.32 Å². The standard InChI is InChI=1S/C18H12Cl2N2O4/c1-26-15-5-3-2-4-10(15)8-12-16(23)21-18(25)22(17(12)24)11-6-7-13(19)14(20)9-11/h2-9H,1H3,(H,21,23,25)/b12-8+. The maximum Gasteiger partial charge on any atom is 0.335 e. The molecule has 2 aromatic rings. The molecule has 3 rings (SSSR count). The van der Waals surface area contributed by atoms with Crippen molar-refractivity contribution in [1.29, 1.82) is 0 Å². The largest absolute Gasteiger partial charge is 0.496 e. The number of methoxy groups -OCH3 is 1. The molecule has 1 heterocycles. The van der Waals surface area contributed by atoms with E-state index >= 15 is 0 Å². The molecule has 8 heteroatoms. The lowest BCUT2D eigenvalue weighted by Gasteiger charge is -2.26. The number of carbonyl (C=O) groups excluding carboxylic acids is 3. The molecule has 0 unspecified atom stereocenters. The highest BCUT2D eigenvalue weighted by Gasteiger charge is 2.37. The molecule has 6 nitrogen and oxygen atoms in total. The quantitative estimate of drug-likeness (QED) is 0.640. The minimum absolute atomic E-state index is 0.178. The fourth-order valence-corrected chi connectivity index (χ4v) is 2.75. The van der Waals surface area contributed by atoms with Crippen LogP contribution in [0.1, 0.15) is 5.56 Å². The van der Waals surface area contributed by atoms with Gasteiger partial charge < -0.3 is 4.74 Å². The first-order valence-corrected chi connectivity index (χ1v) is 8.17. The zero-order valence-electron chi connectivity index (χ0n) is 13.5. The van der Waals surface area contributed by atoms with Gasteiger partial charge in [-0.25, -0.2) is 9.69 Å². The summed E-state index contributed by atoms with van der Waals surface area (Å²) >= 11 is 11.8. The van der Waals surface area contributed by atoms with Crippen LogP contribution in [0, 0.1) is 0 Å². The third kappa shape index (κ3) is 3.29. The number of rotatable bonds is 3. The van der Waals surface area contributed by atoms with E-state index < -0.39 is 17.8 Å². The number of nitrogens with zero attached hydrogens (tertiary/aromatic N) is 1. The van der Waals surface area contributed by atoms with Crippen molar-refractivity contribution >= 4 is 52.8 Å². The van der Waals surface area contributed by atoms with Crippen LogP contribution in [0.3, 0.4) is 0 Å². The van der Waals surface area contributed by atoms with Gasteiger partial charge >= 0.3 is 6.03 Å². The van der Waals surface area contributed by atoms with Crippen LogP contribution >= 0.6 is 23.2 Å². The third-order valence-corrected chi connectivity index (χ3v) is 4.44. The van der Waals surface area contributed by atoms with Gasteiger partial charge in [-0.3, -0.25) is 14.9 Å². The number of hydrogen-bond acceptors (Lipinski definition) is 4. The van der Waals surface area contributed by atoms with Gasteiger partial charge in [0.15, 0.2) is 0 Å². The van der Waals surface area contributed by atoms with Crippen molar-refractivity contribution in [3.05, 3.63) is 63.6 Å². The maximum absolute atomic E-state index is 12.8. The number of urea groups is 1. The average Bonchev–Trinajstić information content (AvgIpc) is 2.61. The van der Waals surface area contributed by atoms with Crippen molar-refractivity contribution < 1.29 is 19.1 Å². The predicted octanol–water partition coefficient (Wildman–Crippen LogP) is 3.67. The van der Waals surface area contributed by atoms with Crippen LogP contribution in [0.4, 0.5) is 10.5 Å². The summed E-state index contributed by atoms with van der Waals surface area (Å²) in [6.07, 6.45) is 1.37. The van der Waals surface area contributed by atoms with Crippen LogP contribution in [0.5, 0.6) is 5.75 Å². The molecular formula is C18H12Cl2N2O4. The van der Waals surface area contributed by atoms with E-state index in [0.717, 1.165) is 4.90 Å². The number of carbonyl (C=O) groups is 3. The number of benzene rings is 2. The normalized spacial score (nSPS) is 16.0. The van der Waals surface area contributed by atoms with Gasteiger partial charge in [-0.1, -0.05) is 41.4 Å². The highest BCUT2D eigenvalue weighted by Crippen LogP contribution is 2.30. The van der Waals surface area contributed by atoms with Gasteiger partial charge in [0.2, 0.25) is 0 Å². The Bertz CT molecular complexity index is 956. The SMILES string of the molecule is COc1ccccc1/C=C1\C(=O)NC(=O)N(c2ccc(Cl)c(Cl)c2)C1=O. The number of imide groups is 2. The van der Waals surface area contributed by atoms with E-state index in [4.69, 9.17) is 27.9 Å². The fraction of sp³-hybridized carbons (Fsp3) is 0.0556. The molecule has 1 aliphatic heterocycles. The van der Waals surface area contributed by atoms with E-state index in [9.17, 15) is 14.4 Å². The summed E-state index contributed by atoms with van der Waals surface area (Å²) in [5, 5.41) is 2.60. The minimum atomic E-state index is -0.865. The monoisotopic (exact) mass is 390 g/mol. The Morgan fingerprint density at radius 3 is 2.46 bits per heavy atom. The van der Waals surface area contributed by atoms with Crippen molar-refractivity contribution in [3.8, 4) is 5.75 Å². The summed E-state index contributed by atoms with van der Waals surface area (Å²) in [5.41, 5.74) is 0.512. The lowest BCUT2D eigenvalue weighted by molar-refractivity contribution is -0.122. The summed E-state index contributed by atoms with van der Waals surface area (Å²) in [6, 6.07) is 10.3. The van der Waals surface area contributed by atoms with Gasteiger partial charge in [0.1, 0.15) is 11.3 Å². The van der Waals surface area contributed by atoms with Gasteiger partial charge in [0.05, 0.1) is 22.8 Å². The van der Waals surface area contributed by atoms with E-state index in [1.54, 1.807) is 24.3 Å². The summed E-state index contributed by atoms with van der Waals surface area (Å²) in [4.78, 5) is 38.0. The molecular weight excluding hydrogens is 379 g/mol. The van der Waals surface area contributed by atoms with Crippen molar-refractivity contribution in [2.75, 3.05) is 12.0 Å². The number of anilines is 1. The average molecular weight is 391 g/mol. The van der Waals surface area contributed by atoms with Crippen LogP contribution in [-0.4, -0.2) is 25.0 Å². The first-order valence-electron chi connectivity index (χ1n) is 7.42. The summed E-state index contributed by atoms with van der Waals surface area (Å²) in [6.45, 7) is 0. The second-order valence-electron chi connectivity index (χ2n) is 5.30. The van der Waals surface area contributed by atoms with Gasteiger partial charge in [-0.15, -0.1) is 0 Å². The number of nitrogens with one attached hydrogen (secondary N) is 1. The molecule has 26 heavy (non-hydrogen) atoms. The molecule has 1 aliphatic rings. The Morgan fingerprint density at radius 2 is 1.77 bits per heavy atom. The van der Waals surface area contributed by atoms with Crippen LogP contribution in [-0.2, 0) is 9.59 Å². The molecule has 132 valence electrons. The number of hydrogen-bond donors (Lipinski definition) is 1. The Balaban J connectivity index is 2.05. The zero-order chi connectivity index (χ0) is 18.8. The molecule has 2 aromatic carbocycles. The van der Waals surface area contributed by atoms with E-state index in [0.29, 0.717) is 11.3 Å². The number of halogens is 2. The highest BCUT2D eigenvalue weighted by molar-refractivity contribution is 6.43. The molecule has 4 amide bonds. The number of barbiturate groups is 1. The van der Waals surface area contributed by atoms with Crippen molar-refractivity contribution in [2.45, 2.75) is 0 Å². The second-order valence-corrected chi connectivity index (χ2v) is 6.11. The second kappa shape index (κ2) is 7.19. The van der Waals surface area contributed by atoms with Gasteiger partial charge in [-0.2, -0.15) is 0 Å². The van der Waals surface area contributed by atoms with Crippen LogP contribution in [0.25, 0.3) is 6.08 Å². The Kier molecular flexibility index (Phi) is 4.97. The minimum Gasteiger partial charge on any atom is -0.496 e. The summed E-state index contributed by atoms with van der Waals surface area (Å²) in [5.74, 6) is -1.08. The van der Waals surface area contributed by atoms with Gasteiger partial charge in [0.25, 0.3) is 11.8 Å². The van der Waals surface area contributed by atoms with E-state index in [2.05, 4.69) is 5.32 Å². The Morgan fingerprint density at radius 1 is 1.04 bits per heavy atom. The summed E-state index contributed by atoms with van der Waals surface area (Å²) < 4.78 is 5.22. The topological polar surface area (TPSA) is 75.7 Å². The summed E-state index contributed by atoms with van der Waals surface area (Å²) in [7, 11) is 1.48. The predicted molar refractivity (Wildman–Crippen MR) is 98.5 cm³/mol. The maximum atomic E-state index is 12.8. The Labute approximate surface area is 158 Å². The van der Waals surface area contributed by atoms with Gasteiger partial charge in [-0.05, 0) is 30.3 Å². The van der Waals surface area contributed by atoms with E-state index in [1.807, 2.05) is 0 Å². The lowest BCUT2D eigenvalue weighted by Crippen LogP contribution is -2.54. The Hall–Kier alpha value is -2.83. The first kappa shape index (κ1) is 18.0. The van der Waals surface area contributed by atoms with E-state index in [-0.39, 0.29) is 21.3 Å². The van der Waals surface area contributed by atoms with Crippen molar-refractivity contribution in [3.63, 3.8) is 0 Å². The molecule has 1 saturated heterocycles. The first-order chi connectivity index (χ1) is 12.4. The fourth-order valence-electron chi connectivity index (χ4n) is 2.46. The van der Waals surface area contributed by atoms with Crippen LogP contribution < -0.4 is 15.0 Å². The third-order valence-electron chi connectivity index (χ3n) is 3.70. The molecule has 0 bridgehead atoms. The van der Waals surface area contributed by atoms with Gasteiger partial charge in [0, 0.05) is 5.56 Å². The van der Waals surface area contributed by atoms with Crippen LogP contribution in [0.2, 0.25) is 10.0 Å².